The van der Waals surface area contributed by atoms with Crippen LogP contribution in [0.2, 0.25) is 0 Å². The maximum Gasteiger partial charge on any atom is 0.251 e. The third kappa shape index (κ3) is 6.26. The molecular formula is C24H25N3O4S. The van der Waals surface area contributed by atoms with Gasteiger partial charge in [0.1, 0.15) is 12.4 Å². The van der Waals surface area contributed by atoms with Crippen molar-refractivity contribution >= 4 is 15.9 Å². The molecule has 0 aliphatic rings. The molecule has 1 aromatic heterocycles. The minimum Gasteiger partial charge on any atom is -0.487 e. The van der Waals surface area contributed by atoms with Crippen LogP contribution < -0.4 is 14.8 Å². The van der Waals surface area contributed by atoms with Gasteiger partial charge in [0.25, 0.3) is 5.91 Å². The van der Waals surface area contributed by atoms with Crippen molar-refractivity contribution in [1.82, 2.24) is 15.0 Å². The van der Waals surface area contributed by atoms with Crippen LogP contribution >= 0.6 is 0 Å². The number of carbonyl (C=O) groups excluding carboxylic acids is 1. The number of pyridine rings is 1. The first-order valence-corrected chi connectivity index (χ1v) is 11.5. The topological polar surface area (TPSA) is 97.4 Å². The summed E-state index contributed by atoms with van der Waals surface area (Å²) in [5.41, 5.74) is 1.92. The number of benzene rings is 2. The number of nitrogens with one attached hydrogen (secondary N) is 2. The zero-order valence-electron chi connectivity index (χ0n) is 17.7. The van der Waals surface area contributed by atoms with E-state index in [4.69, 9.17) is 4.74 Å². The van der Waals surface area contributed by atoms with E-state index in [-0.39, 0.29) is 29.0 Å². The van der Waals surface area contributed by atoms with Crippen LogP contribution in [0.3, 0.4) is 0 Å². The Balaban J connectivity index is 1.67. The van der Waals surface area contributed by atoms with E-state index in [9.17, 15) is 13.2 Å². The van der Waals surface area contributed by atoms with Gasteiger partial charge in [-0.1, -0.05) is 30.3 Å². The van der Waals surface area contributed by atoms with Gasteiger partial charge >= 0.3 is 0 Å². The molecule has 32 heavy (non-hydrogen) atoms. The van der Waals surface area contributed by atoms with Crippen LogP contribution in [-0.2, 0) is 16.6 Å². The molecule has 8 heteroatoms. The molecule has 1 amide bonds. The Morgan fingerprint density at radius 2 is 1.94 bits per heavy atom. The SMILES string of the molecule is C=CCNS(=O)(=O)c1cccc(C(=O)NC(C)c2cccc(OCc3ccccn3)c2)c1. The van der Waals surface area contributed by atoms with Gasteiger partial charge in [-0.25, -0.2) is 13.1 Å². The van der Waals surface area contributed by atoms with Crippen molar-refractivity contribution in [3.05, 3.63) is 102 Å². The summed E-state index contributed by atoms with van der Waals surface area (Å²) >= 11 is 0. The predicted octanol–water partition coefficient (Wildman–Crippen LogP) is 3.62. The number of rotatable bonds is 10. The normalized spacial score (nSPS) is 12.0. The van der Waals surface area contributed by atoms with Gasteiger partial charge < -0.3 is 10.1 Å². The maximum absolute atomic E-state index is 12.7. The largest absolute Gasteiger partial charge is 0.487 e. The minimum atomic E-state index is -3.72. The first-order chi connectivity index (χ1) is 15.4. The second-order valence-corrected chi connectivity index (χ2v) is 8.81. The molecule has 0 aliphatic heterocycles. The zero-order valence-corrected chi connectivity index (χ0v) is 18.5. The molecule has 0 aliphatic carbocycles. The fraction of sp³-hybridized carbons (Fsp3) is 0.167. The predicted molar refractivity (Wildman–Crippen MR) is 123 cm³/mol. The number of amides is 1. The first kappa shape index (κ1) is 23.2. The molecule has 2 aromatic carbocycles. The fourth-order valence-electron chi connectivity index (χ4n) is 2.93. The summed E-state index contributed by atoms with van der Waals surface area (Å²) in [6.07, 6.45) is 3.16. The highest BCUT2D eigenvalue weighted by Gasteiger charge is 2.17. The fourth-order valence-corrected chi connectivity index (χ4v) is 3.98. The van der Waals surface area contributed by atoms with Crippen molar-refractivity contribution in [3.8, 4) is 5.75 Å². The highest BCUT2D eigenvalue weighted by Crippen LogP contribution is 2.21. The van der Waals surface area contributed by atoms with Crippen molar-refractivity contribution in [2.24, 2.45) is 0 Å². The Morgan fingerprint density at radius 3 is 2.69 bits per heavy atom. The van der Waals surface area contributed by atoms with Crippen molar-refractivity contribution in [3.63, 3.8) is 0 Å². The number of hydrogen-bond donors (Lipinski definition) is 2. The molecule has 0 radical (unpaired) electrons. The molecule has 166 valence electrons. The molecule has 7 nitrogen and oxygen atoms in total. The Labute approximate surface area is 188 Å². The third-order valence-electron chi connectivity index (χ3n) is 4.64. The monoisotopic (exact) mass is 451 g/mol. The van der Waals surface area contributed by atoms with Crippen LogP contribution in [0.4, 0.5) is 0 Å². The number of aromatic nitrogens is 1. The summed E-state index contributed by atoms with van der Waals surface area (Å²) in [5, 5.41) is 2.90. The van der Waals surface area contributed by atoms with E-state index < -0.39 is 10.0 Å². The third-order valence-corrected chi connectivity index (χ3v) is 6.06. The summed E-state index contributed by atoms with van der Waals surface area (Å²) in [6, 6.07) is 18.6. The Bertz CT molecular complexity index is 1180. The lowest BCUT2D eigenvalue weighted by molar-refractivity contribution is 0.0939. The van der Waals surface area contributed by atoms with Crippen molar-refractivity contribution in [2.75, 3.05) is 6.54 Å². The number of nitrogens with zero attached hydrogens (tertiary/aromatic N) is 1. The minimum absolute atomic E-state index is 0.0181. The molecule has 2 N–H and O–H groups in total. The van der Waals surface area contributed by atoms with E-state index in [1.807, 2.05) is 49.4 Å². The van der Waals surface area contributed by atoms with E-state index >= 15 is 0 Å². The van der Waals surface area contributed by atoms with E-state index in [1.54, 1.807) is 12.3 Å². The molecule has 3 rings (SSSR count). The average Bonchev–Trinajstić information content (AvgIpc) is 2.82. The lowest BCUT2D eigenvalue weighted by Crippen LogP contribution is -2.27. The van der Waals surface area contributed by atoms with Gasteiger partial charge in [0.2, 0.25) is 10.0 Å². The highest BCUT2D eigenvalue weighted by molar-refractivity contribution is 7.89. The van der Waals surface area contributed by atoms with Gasteiger partial charge in [0.05, 0.1) is 16.6 Å². The quantitative estimate of drug-likeness (QED) is 0.459. The van der Waals surface area contributed by atoms with E-state index in [0.717, 1.165) is 11.3 Å². The molecule has 1 unspecified atom stereocenters. The number of hydrogen-bond acceptors (Lipinski definition) is 5. The molecule has 0 saturated heterocycles. The van der Waals surface area contributed by atoms with Crippen molar-refractivity contribution in [1.29, 1.82) is 0 Å². The summed E-state index contributed by atoms with van der Waals surface area (Å²) in [4.78, 5) is 17.0. The van der Waals surface area contributed by atoms with Crippen LogP contribution in [0.5, 0.6) is 5.75 Å². The Hall–Kier alpha value is -3.49. The molecule has 1 atom stereocenters. The van der Waals surface area contributed by atoms with Crippen LogP contribution in [0, 0.1) is 0 Å². The molecular weight excluding hydrogens is 426 g/mol. The molecule has 1 heterocycles. The van der Waals surface area contributed by atoms with Crippen LogP contribution in [0.25, 0.3) is 0 Å². The average molecular weight is 452 g/mol. The molecule has 3 aromatic rings. The number of carbonyl (C=O) groups is 1. The van der Waals surface area contributed by atoms with Gasteiger partial charge in [-0.05, 0) is 55.0 Å². The summed E-state index contributed by atoms with van der Waals surface area (Å²) < 4.78 is 32.8. The highest BCUT2D eigenvalue weighted by atomic mass is 32.2. The number of sulfonamides is 1. The molecule has 0 bridgehead atoms. The van der Waals surface area contributed by atoms with Crippen LogP contribution in [0.15, 0.2) is 90.5 Å². The Kier molecular flexibility index (Phi) is 7.75. The molecule has 0 fully saturated rings. The smallest absolute Gasteiger partial charge is 0.251 e. The van der Waals surface area contributed by atoms with Crippen LogP contribution in [0.1, 0.15) is 34.6 Å². The summed E-state index contributed by atoms with van der Waals surface area (Å²) in [5.74, 6) is 0.286. The van der Waals surface area contributed by atoms with Gasteiger partial charge in [-0.3, -0.25) is 9.78 Å². The zero-order chi connectivity index (χ0) is 23.0. The van der Waals surface area contributed by atoms with Crippen LogP contribution in [-0.4, -0.2) is 25.9 Å². The standard InChI is InChI=1S/C24H25N3O4S/c1-3-13-26-32(29,30)23-12-7-9-20(16-23)24(28)27-18(2)19-8-6-11-22(15-19)31-17-21-10-4-5-14-25-21/h3-12,14-16,18,26H,1,13,17H2,2H3,(H,27,28). The lowest BCUT2D eigenvalue weighted by atomic mass is 10.1. The summed E-state index contributed by atoms with van der Waals surface area (Å²) in [6.45, 7) is 5.79. The van der Waals surface area contributed by atoms with E-state index in [1.165, 1.54) is 24.3 Å². The molecule has 0 saturated carbocycles. The molecule has 0 spiro atoms. The van der Waals surface area contributed by atoms with Crippen molar-refractivity contribution in [2.45, 2.75) is 24.5 Å². The number of ether oxygens (including phenoxy) is 1. The van der Waals surface area contributed by atoms with E-state index in [0.29, 0.717) is 12.4 Å². The Morgan fingerprint density at radius 1 is 1.12 bits per heavy atom. The second kappa shape index (κ2) is 10.7. The van der Waals surface area contributed by atoms with Gasteiger partial charge in [-0.2, -0.15) is 0 Å². The lowest BCUT2D eigenvalue weighted by Gasteiger charge is -2.16. The summed E-state index contributed by atoms with van der Waals surface area (Å²) in [7, 11) is -3.72. The van der Waals surface area contributed by atoms with Crippen molar-refractivity contribution < 1.29 is 17.9 Å². The maximum atomic E-state index is 12.7. The first-order valence-electron chi connectivity index (χ1n) is 10.0. The van der Waals surface area contributed by atoms with Gasteiger partial charge in [0.15, 0.2) is 0 Å². The second-order valence-electron chi connectivity index (χ2n) is 7.05. The van der Waals surface area contributed by atoms with Gasteiger partial charge in [0, 0.05) is 18.3 Å². The van der Waals surface area contributed by atoms with Gasteiger partial charge in [-0.15, -0.1) is 6.58 Å². The van der Waals surface area contributed by atoms with E-state index in [2.05, 4.69) is 21.6 Å².